The molecule has 0 aliphatic heterocycles. The Morgan fingerprint density at radius 2 is 1.60 bits per heavy atom. The van der Waals surface area contributed by atoms with Crippen molar-refractivity contribution in [3.8, 4) is 11.1 Å². The fraction of sp³-hybridized carbons (Fsp3) is 0.115. The number of nitrogens with zero attached hydrogens (tertiary/aromatic N) is 4. The Morgan fingerprint density at radius 3 is 2.14 bits per heavy atom. The zero-order chi connectivity index (χ0) is 31.9. The maximum atomic E-state index is 13.0. The van der Waals surface area contributed by atoms with Crippen LogP contribution in [0.15, 0.2) is 78.2 Å². The van der Waals surface area contributed by atoms with E-state index in [9.17, 15) is 31.1 Å². The smallest absolute Gasteiger partial charge is 0.475 e. The molecule has 0 atom stereocenters. The molecule has 0 aliphatic rings. The number of alkyl halides is 6. The molecule has 2 aromatic carbocycles. The van der Waals surface area contributed by atoms with Crippen molar-refractivity contribution in [2.75, 3.05) is 16.0 Å². The molecule has 0 saturated carbocycles. The van der Waals surface area contributed by atoms with Crippen LogP contribution in [0.4, 0.5) is 55.2 Å². The van der Waals surface area contributed by atoms with Crippen molar-refractivity contribution < 1.29 is 41.0 Å². The summed E-state index contributed by atoms with van der Waals surface area (Å²) >= 11 is 3.41. The van der Waals surface area contributed by atoms with E-state index >= 15 is 0 Å². The molecule has 4 rings (SSSR count). The maximum Gasteiger partial charge on any atom is 0.490 e. The number of benzene rings is 2. The number of aryl methyl sites for hydroxylation is 1. The van der Waals surface area contributed by atoms with Crippen LogP contribution in [-0.4, -0.2) is 42.9 Å². The lowest BCUT2D eigenvalue weighted by Crippen LogP contribution is -2.21. The van der Waals surface area contributed by atoms with E-state index < -0.39 is 23.9 Å². The summed E-state index contributed by atoms with van der Waals surface area (Å²) in [6, 6.07) is 9.87. The largest absolute Gasteiger partial charge is 0.490 e. The quantitative estimate of drug-likeness (QED) is 0.123. The normalized spacial score (nSPS) is 11.2. The molecule has 0 aliphatic carbocycles. The summed E-state index contributed by atoms with van der Waals surface area (Å²) in [5, 5.41) is 20.1. The van der Waals surface area contributed by atoms with E-state index in [4.69, 9.17) is 9.90 Å². The average Bonchev–Trinajstić information content (AvgIpc) is 3.32. The lowest BCUT2D eigenvalue weighted by molar-refractivity contribution is -0.192. The highest BCUT2D eigenvalue weighted by atomic mass is 79.9. The van der Waals surface area contributed by atoms with Gasteiger partial charge in [0, 0.05) is 40.9 Å². The van der Waals surface area contributed by atoms with Crippen molar-refractivity contribution >= 4 is 56.6 Å². The maximum absolute atomic E-state index is 13.0. The molecular weight excluding hydrogens is 652 g/mol. The number of amides is 1. The van der Waals surface area contributed by atoms with Gasteiger partial charge in [0.1, 0.15) is 5.82 Å². The Labute approximate surface area is 247 Å². The first-order valence-electron chi connectivity index (χ1n) is 11.7. The lowest BCUT2D eigenvalue weighted by atomic mass is 10.1. The lowest BCUT2D eigenvalue weighted by Gasteiger charge is -2.15. The Bertz CT molecular complexity index is 1620. The number of rotatable bonds is 7. The monoisotopic (exact) mass is 671 g/mol. The molecule has 17 heteroatoms. The number of carbonyl (C=O) groups is 2. The summed E-state index contributed by atoms with van der Waals surface area (Å²) in [5.74, 6) is -2.56. The number of halogens is 7. The number of nitrogens with one attached hydrogen (secondary N) is 3. The van der Waals surface area contributed by atoms with Gasteiger partial charge < -0.3 is 21.1 Å². The third-order valence-corrected chi connectivity index (χ3v) is 5.59. The van der Waals surface area contributed by atoms with E-state index in [-0.39, 0.29) is 11.9 Å². The van der Waals surface area contributed by atoms with Crippen molar-refractivity contribution in [3.63, 3.8) is 0 Å². The molecule has 0 unspecified atom stereocenters. The van der Waals surface area contributed by atoms with Gasteiger partial charge in [-0.25, -0.2) is 9.78 Å². The first-order valence-corrected chi connectivity index (χ1v) is 12.5. The van der Waals surface area contributed by atoms with Crippen molar-refractivity contribution in [3.05, 3.63) is 83.7 Å². The van der Waals surface area contributed by atoms with Gasteiger partial charge in [0.05, 0.1) is 17.4 Å². The van der Waals surface area contributed by atoms with Crippen molar-refractivity contribution in [2.45, 2.75) is 12.4 Å². The van der Waals surface area contributed by atoms with E-state index in [1.165, 1.54) is 18.3 Å². The minimum Gasteiger partial charge on any atom is -0.475 e. The summed E-state index contributed by atoms with van der Waals surface area (Å²) in [7, 11) is 1.77. The van der Waals surface area contributed by atoms with Crippen LogP contribution in [0.2, 0.25) is 0 Å². The van der Waals surface area contributed by atoms with Gasteiger partial charge in [-0.1, -0.05) is 34.6 Å². The van der Waals surface area contributed by atoms with Crippen LogP contribution >= 0.6 is 15.9 Å². The number of carboxylic acids is 1. The van der Waals surface area contributed by atoms with Gasteiger partial charge in [-0.05, 0) is 42.0 Å². The third kappa shape index (κ3) is 9.56. The van der Waals surface area contributed by atoms with E-state index in [2.05, 4.69) is 53.5 Å². The fourth-order valence-corrected chi connectivity index (χ4v) is 3.76. The number of hydrogen-bond donors (Lipinski definition) is 4. The molecule has 1 amide bonds. The van der Waals surface area contributed by atoms with Crippen molar-refractivity contribution in [1.29, 1.82) is 0 Å². The molecule has 0 spiro atoms. The number of carboxylic acid groups (broad SMARTS) is 1. The first-order chi connectivity index (χ1) is 20.0. The van der Waals surface area contributed by atoms with Gasteiger partial charge in [-0.3, -0.25) is 9.48 Å². The standard InChI is InChI=1S/C24H19BrF3N7O.C2HF3O2/c1-3-21(36)31-17-8-16(25)9-18(10-17)32-22-20(14-4-6-15(7-5-14)24(26,27)28)12-29-23(34-22)33-19-11-30-35(2)13-19;3-2(4,5)1(6)7/h3-13H,1H2,2H3,(H,31,36)(H2,29,32,33,34);(H,6,7). The zero-order valence-corrected chi connectivity index (χ0v) is 23.3. The van der Waals surface area contributed by atoms with E-state index in [1.807, 2.05) is 0 Å². The molecule has 10 nitrogen and oxygen atoms in total. The minimum absolute atomic E-state index is 0.247. The van der Waals surface area contributed by atoms with Crippen molar-refractivity contribution in [2.24, 2.45) is 7.05 Å². The first kappa shape index (κ1) is 32.6. The molecule has 0 radical (unpaired) electrons. The summed E-state index contributed by atoms with van der Waals surface area (Å²) in [6.45, 7) is 3.44. The third-order valence-electron chi connectivity index (χ3n) is 5.13. The second-order valence-corrected chi connectivity index (χ2v) is 9.32. The van der Waals surface area contributed by atoms with Crippen LogP contribution in [0.5, 0.6) is 0 Å². The number of hydrogen-bond acceptors (Lipinski definition) is 7. The summed E-state index contributed by atoms with van der Waals surface area (Å²) in [6.07, 6.45) is -3.53. The van der Waals surface area contributed by atoms with E-state index in [0.717, 1.165) is 18.2 Å². The predicted molar refractivity (Wildman–Crippen MR) is 149 cm³/mol. The molecule has 2 heterocycles. The second-order valence-electron chi connectivity index (χ2n) is 8.41. The van der Waals surface area contributed by atoms with Crippen LogP contribution in [-0.2, 0) is 22.8 Å². The molecule has 0 saturated heterocycles. The molecule has 43 heavy (non-hydrogen) atoms. The SMILES string of the molecule is C=CC(=O)Nc1cc(Br)cc(Nc2nc(Nc3cnn(C)c3)ncc2-c2ccc(C(F)(F)F)cc2)c1.O=C(O)C(F)(F)F. The summed E-state index contributed by atoms with van der Waals surface area (Å²) in [4.78, 5) is 29.5. The minimum atomic E-state index is -5.08. The number of anilines is 5. The molecule has 2 aromatic heterocycles. The highest BCUT2D eigenvalue weighted by molar-refractivity contribution is 9.10. The fourth-order valence-electron chi connectivity index (χ4n) is 3.27. The second kappa shape index (κ2) is 13.4. The van der Waals surface area contributed by atoms with Gasteiger partial charge in [0.15, 0.2) is 0 Å². The van der Waals surface area contributed by atoms with E-state index in [1.54, 1.807) is 42.3 Å². The topological polar surface area (TPSA) is 134 Å². The number of aromatic nitrogens is 4. The molecule has 0 bridgehead atoms. The van der Waals surface area contributed by atoms with Crippen LogP contribution in [0.1, 0.15) is 5.56 Å². The van der Waals surface area contributed by atoms with Gasteiger partial charge >= 0.3 is 18.3 Å². The highest BCUT2D eigenvalue weighted by Gasteiger charge is 2.38. The average molecular weight is 672 g/mol. The number of aliphatic carboxylic acids is 1. The van der Waals surface area contributed by atoms with Gasteiger partial charge in [-0.15, -0.1) is 0 Å². The van der Waals surface area contributed by atoms with Crippen molar-refractivity contribution in [1.82, 2.24) is 19.7 Å². The highest BCUT2D eigenvalue weighted by Crippen LogP contribution is 2.35. The van der Waals surface area contributed by atoms with Crippen LogP contribution in [0.3, 0.4) is 0 Å². The van der Waals surface area contributed by atoms with Gasteiger partial charge in [0.2, 0.25) is 11.9 Å². The zero-order valence-electron chi connectivity index (χ0n) is 21.8. The Kier molecular flexibility index (Phi) is 10.1. The van der Waals surface area contributed by atoms with Gasteiger partial charge in [0.25, 0.3) is 0 Å². The van der Waals surface area contributed by atoms with Crippen LogP contribution in [0, 0.1) is 0 Å². The molecule has 0 fully saturated rings. The Morgan fingerprint density at radius 1 is 0.977 bits per heavy atom. The predicted octanol–water partition coefficient (Wildman–Crippen LogP) is 6.90. The van der Waals surface area contributed by atoms with Crippen LogP contribution < -0.4 is 16.0 Å². The summed E-state index contributed by atoms with van der Waals surface area (Å²) in [5.41, 5.74) is 1.90. The molecular formula is C26H20BrF6N7O3. The van der Waals surface area contributed by atoms with Gasteiger partial charge in [-0.2, -0.15) is 36.4 Å². The Balaban J connectivity index is 0.000000646. The molecule has 4 N–H and O–H groups in total. The van der Waals surface area contributed by atoms with E-state index in [0.29, 0.717) is 38.5 Å². The summed E-state index contributed by atoms with van der Waals surface area (Å²) < 4.78 is 73.2. The van der Waals surface area contributed by atoms with Crippen LogP contribution in [0.25, 0.3) is 11.1 Å². The number of carbonyl (C=O) groups excluding carboxylic acids is 1. The Hall–Kier alpha value is -4.93. The molecule has 4 aromatic rings. The molecule has 226 valence electrons.